The second-order valence-electron chi connectivity index (χ2n) is 6.58. The molecule has 142 valence electrons. The number of H-pyrrole nitrogens is 1. The summed E-state index contributed by atoms with van der Waals surface area (Å²) in [5, 5.41) is 0.693. The first-order chi connectivity index (χ1) is 13.6. The maximum absolute atomic E-state index is 6.27. The first-order valence-corrected chi connectivity index (χ1v) is 9.63. The van der Waals surface area contributed by atoms with E-state index >= 15 is 0 Å². The number of nitrogens with one attached hydrogen (secondary N) is 1. The SMILES string of the molecule is CCOc1ccc(Oc2ccc(Cc3ccc(Cl)c4[nH]c(C)nc34)cc2)cc1. The molecule has 0 saturated carbocycles. The van der Waals surface area contributed by atoms with Gasteiger partial charge in [-0.3, -0.25) is 0 Å². The molecule has 0 fully saturated rings. The van der Waals surface area contributed by atoms with Crippen LogP contribution in [-0.4, -0.2) is 16.6 Å². The number of aromatic amines is 1. The van der Waals surface area contributed by atoms with Gasteiger partial charge in [-0.05, 0) is 73.9 Å². The predicted molar refractivity (Wildman–Crippen MR) is 113 cm³/mol. The molecule has 0 aliphatic carbocycles. The Kier molecular flexibility index (Phi) is 5.22. The van der Waals surface area contributed by atoms with Crippen LogP contribution in [0.2, 0.25) is 5.02 Å². The van der Waals surface area contributed by atoms with Crippen molar-refractivity contribution in [1.29, 1.82) is 0 Å². The molecule has 4 rings (SSSR count). The second-order valence-corrected chi connectivity index (χ2v) is 6.99. The largest absolute Gasteiger partial charge is 0.494 e. The Morgan fingerprint density at radius 1 is 0.893 bits per heavy atom. The van der Waals surface area contributed by atoms with Gasteiger partial charge in [0, 0.05) is 0 Å². The van der Waals surface area contributed by atoms with Gasteiger partial charge in [0.1, 0.15) is 23.1 Å². The molecule has 1 heterocycles. The van der Waals surface area contributed by atoms with Crippen LogP contribution in [0.1, 0.15) is 23.9 Å². The van der Waals surface area contributed by atoms with Crippen molar-refractivity contribution in [2.45, 2.75) is 20.3 Å². The van der Waals surface area contributed by atoms with Crippen LogP contribution in [0, 0.1) is 6.92 Å². The number of halogens is 1. The van der Waals surface area contributed by atoms with Crippen LogP contribution in [-0.2, 0) is 6.42 Å². The Bertz CT molecular complexity index is 1090. The van der Waals surface area contributed by atoms with Gasteiger partial charge in [0.05, 0.1) is 22.7 Å². The zero-order valence-corrected chi connectivity index (χ0v) is 16.6. The second kappa shape index (κ2) is 7.95. The van der Waals surface area contributed by atoms with Gasteiger partial charge in [-0.15, -0.1) is 0 Å². The minimum Gasteiger partial charge on any atom is -0.494 e. The summed E-state index contributed by atoms with van der Waals surface area (Å²) in [6.07, 6.45) is 0.779. The number of imidazole rings is 1. The van der Waals surface area contributed by atoms with Crippen molar-refractivity contribution in [3.63, 3.8) is 0 Å². The number of aromatic nitrogens is 2. The van der Waals surface area contributed by atoms with Gasteiger partial charge in [-0.2, -0.15) is 0 Å². The molecule has 0 unspecified atom stereocenters. The van der Waals surface area contributed by atoms with Crippen molar-refractivity contribution in [2.75, 3.05) is 6.61 Å². The van der Waals surface area contributed by atoms with Crippen LogP contribution in [0.5, 0.6) is 17.2 Å². The van der Waals surface area contributed by atoms with Crippen molar-refractivity contribution >= 4 is 22.6 Å². The fourth-order valence-electron chi connectivity index (χ4n) is 3.18. The molecule has 0 aliphatic rings. The van der Waals surface area contributed by atoms with Crippen LogP contribution in [0.3, 0.4) is 0 Å². The van der Waals surface area contributed by atoms with E-state index < -0.39 is 0 Å². The highest BCUT2D eigenvalue weighted by molar-refractivity contribution is 6.35. The van der Waals surface area contributed by atoms with Crippen molar-refractivity contribution < 1.29 is 9.47 Å². The van der Waals surface area contributed by atoms with Gasteiger partial charge in [0.25, 0.3) is 0 Å². The van der Waals surface area contributed by atoms with E-state index in [0.717, 1.165) is 46.1 Å². The standard InChI is InChI=1S/C23H21ClN2O2/c1-3-27-18-9-11-20(12-10-18)28-19-7-4-16(5-8-19)14-17-6-13-21(24)23-22(17)25-15(2)26-23/h4-13H,3,14H2,1-2H3,(H,25,26). The third-order valence-corrected chi connectivity index (χ3v) is 4.80. The molecule has 3 aromatic carbocycles. The summed E-state index contributed by atoms with van der Waals surface area (Å²) in [5.74, 6) is 3.28. The number of benzene rings is 3. The monoisotopic (exact) mass is 392 g/mol. The Hall–Kier alpha value is -2.98. The summed E-state index contributed by atoms with van der Waals surface area (Å²) >= 11 is 6.27. The maximum atomic E-state index is 6.27. The molecule has 0 amide bonds. The van der Waals surface area contributed by atoms with E-state index in [0.29, 0.717) is 11.6 Å². The van der Waals surface area contributed by atoms with Gasteiger partial charge >= 0.3 is 0 Å². The van der Waals surface area contributed by atoms with Gasteiger partial charge < -0.3 is 14.5 Å². The first kappa shape index (κ1) is 18.4. The van der Waals surface area contributed by atoms with E-state index in [2.05, 4.69) is 22.1 Å². The molecule has 0 atom stereocenters. The van der Waals surface area contributed by atoms with Crippen molar-refractivity contribution in [1.82, 2.24) is 9.97 Å². The molecule has 0 saturated heterocycles. The van der Waals surface area contributed by atoms with Crippen molar-refractivity contribution in [3.05, 3.63) is 82.6 Å². The maximum Gasteiger partial charge on any atom is 0.127 e. The Labute approximate surface area is 169 Å². The number of aryl methyl sites for hydroxylation is 1. The van der Waals surface area contributed by atoms with E-state index in [1.54, 1.807) is 0 Å². The number of hydrogen-bond acceptors (Lipinski definition) is 3. The molecule has 0 spiro atoms. The minimum absolute atomic E-state index is 0.652. The lowest BCUT2D eigenvalue weighted by atomic mass is 10.0. The van der Waals surface area contributed by atoms with Crippen LogP contribution < -0.4 is 9.47 Å². The van der Waals surface area contributed by atoms with E-state index in [9.17, 15) is 0 Å². The lowest BCUT2D eigenvalue weighted by molar-refractivity contribution is 0.339. The number of nitrogens with zero attached hydrogens (tertiary/aromatic N) is 1. The minimum atomic E-state index is 0.652. The summed E-state index contributed by atoms with van der Waals surface area (Å²) in [4.78, 5) is 7.82. The lowest BCUT2D eigenvalue weighted by Crippen LogP contribution is -1.92. The summed E-state index contributed by atoms with van der Waals surface area (Å²) in [5.41, 5.74) is 4.15. The summed E-state index contributed by atoms with van der Waals surface area (Å²) in [6.45, 7) is 4.56. The normalized spacial score (nSPS) is 11.0. The molecule has 4 aromatic rings. The highest BCUT2D eigenvalue weighted by Crippen LogP contribution is 2.28. The molecule has 28 heavy (non-hydrogen) atoms. The Balaban J connectivity index is 1.48. The van der Waals surface area contributed by atoms with Crippen molar-refractivity contribution in [2.24, 2.45) is 0 Å². The number of fused-ring (bicyclic) bond motifs is 1. The topological polar surface area (TPSA) is 47.1 Å². The molecule has 0 radical (unpaired) electrons. The zero-order chi connectivity index (χ0) is 19.5. The van der Waals surface area contributed by atoms with E-state index in [4.69, 9.17) is 21.1 Å². The summed E-state index contributed by atoms with van der Waals surface area (Å²) in [7, 11) is 0. The average molecular weight is 393 g/mol. The molecule has 0 bridgehead atoms. The van der Waals surface area contributed by atoms with Crippen LogP contribution in [0.15, 0.2) is 60.7 Å². The lowest BCUT2D eigenvalue weighted by Gasteiger charge is -2.09. The zero-order valence-electron chi connectivity index (χ0n) is 15.8. The molecule has 5 heteroatoms. The number of hydrogen-bond donors (Lipinski definition) is 1. The fourth-order valence-corrected chi connectivity index (χ4v) is 3.38. The quantitative estimate of drug-likeness (QED) is 0.418. The first-order valence-electron chi connectivity index (χ1n) is 9.25. The predicted octanol–water partition coefficient (Wildman–Crippen LogP) is 6.31. The van der Waals surface area contributed by atoms with Crippen LogP contribution >= 0.6 is 11.6 Å². The van der Waals surface area contributed by atoms with Crippen LogP contribution in [0.25, 0.3) is 11.0 Å². The van der Waals surface area contributed by atoms with Gasteiger partial charge in [0.15, 0.2) is 0 Å². The third kappa shape index (κ3) is 3.97. The van der Waals surface area contributed by atoms with E-state index in [-0.39, 0.29) is 0 Å². The molecule has 1 N–H and O–H groups in total. The van der Waals surface area contributed by atoms with Gasteiger partial charge in [-0.25, -0.2) is 4.98 Å². The Morgan fingerprint density at radius 3 is 2.21 bits per heavy atom. The Morgan fingerprint density at radius 2 is 1.54 bits per heavy atom. The van der Waals surface area contributed by atoms with E-state index in [1.165, 1.54) is 5.56 Å². The van der Waals surface area contributed by atoms with Gasteiger partial charge in [-0.1, -0.05) is 29.8 Å². The van der Waals surface area contributed by atoms with E-state index in [1.807, 2.05) is 62.4 Å². The van der Waals surface area contributed by atoms with Crippen molar-refractivity contribution in [3.8, 4) is 17.2 Å². The van der Waals surface area contributed by atoms with Crippen LogP contribution in [0.4, 0.5) is 0 Å². The average Bonchev–Trinajstić information content (AvgIpc) is 3.10. The highest BCUT2D eigenvalue weighted by Gasteiger charge is 2.10. The smallest absolute Gasteiger partial charge is 0.127 e. The molecule has 1 aromatic heterocycles. The highest BCUT2D eigenvalue weighted by atomic mass is 35.5. The number of rotatable bonds is 6. The third-order valence-electron chi connectivity index (χ3n) is 4.48. The molecular formula is C23H21ClN2O2. The fraction of sp³-hybridized carbons (Fsp3) is 0.174. The molecule has 0 aliphatic heterocycles. The molecule has 4 nitrogen and oxygen atoms in total. The molecular weight excluding hydrogens is 372 g/mol. The summed E-state index contributed by atoms with van der Waals surface area (Å²) in [6, 6.07) is 19.7. The summed E-state index contributed by atoms with van der Waals surface area (Å²) < 4.78 is 11.4. The number of ether oxygens (including phenoxy) is 2. The van der Waals surface area contributed by atoms with Gasteiger partial charge in [0.2, 0.25) is 0 Å².